The van der Waals surface area contributed by atoms with Crippen molar-refractivity contribution in [3.05, 3.63) is 18.7 Å². The Hall–Kier alpha value is -2.05. The van der Waals surface area contributed by atoms with Gasteiger partial charge in [-0.2, -0.15) is 0 Å². The molecule has 3 N–H and O–H groups in total. The Bertz CT molecular complexity index is 420. The van der Waals surface area contributed by atoms with Crippen LogP contribution in [0, 0.1) is 5.92 Å². The van der Waals surface area contributed by atoms with Gasteiger partial charge >= 0.3 is 12.0 Å². The summed E-state index contributed by atoms with van der Waals surface area (Å²) >= 11 is 0. The molecule has 1 aromatic heterocycles. The number of nitrogens with zero attached hydrogens (tertiary/aromatic N) is 2. The summed E-state index contributed by atoms with van der Waals surface area (Å²) in [6.45, 7) is 3.81. The van der Waals surface area contributed by atoms with Crippen molar-refractivity contribution < 1.29 is 14.7 Å². The predicted molar refractivity (Wildman–Crippen MR) is 78.9 cm³/mol. The second kappa shape index (κ2) is 9.79. The van der Waals surface area contributed by atoms with Crippen LogP contribution in [0.1, 0.15) is 32.6 Å². The number of aliphatic carboxylic acids is 1. The topological polar surface area (TPSA) is 96.3 Å². The van der Waals surface area contributed by atoms with Crippen molar-refractivity contribution in [2.24, 2.45) is 5.92 Å². The standard InChI is InChI=1S/C14H24N4O3/c1-2-12(9-13(19)20)10-17-14(21)16-5-3-4-7-18-8-6-15-11-18/h6,8,11-12H,2-5,7,9-10H2,1H3,(H,19,20)(H2,16,17,21). The number of hydrogen-bond acceptors (Lipinski definition) is 3. The van der Waals surface area contributed by atoms with Gasteiger partial charge in [-0.1, -0.05) is 13.3 Å². The second-order valence-electron chi connectivity index (χ2n) is 5.02. The van der Waals surface area contributed by atoms with Crippen molar-refractivity contribution in [3.8, 4) is 0 Å². The number of rotatable bonds is 10. The Kier molecular flexibility index (Phi) is 7.93. The van der Waals surface area contributed by atoms with Crippen molar-refractivity contribution in [1.29, 1.82) is 0 Å². The van der Waals surface area contributed by atoms with E-state index in [1.165, 1.54) is 0 Å². The minimum atomic E-state index is -0.830. The van der Waals surface area contributed by atoms with Crippen LogP contribution in [0.5, 0.6) is 0 Å². The van der Waals surface area contributed by atoms with Gasteiger partial charge in [0.15, 0.2) is 0 Å². The number of urea groups is 1. The maximum atomic E-state index is 11.6. The normalized spacial score (nSPS) is 11.9. The molecule has 1 heterocycles. The van der Waals surface area contributed by atoms with Gasteiger partial charge in [-0.25, -0.2) is 9.78 Å². The average Bonchev–Trinajstić information content (AvgIpc) is 2.95. The SMILES string of the molecule is CCC(CNC(=O)NCCCCn1ccnc1)CC(=O)O. The van der Waals surface area contributed by atoms with E-state index in [1.807, 2.05) is 17.7 Å². The highest BCUT2D eigenvalue weighted by molar-refractivity contribution is 5.74. The lowest BCUT2D eigenvalue weighted by molar-refractivity contribution is -0.138. The van der Waals surface area contributed by atoms with Crippen LogP contribution in [0.25, 0.3) is 0 Å². The summed E-state index contributed by atoms with van der Waals surface area (Å²) in [5, 5.41) is 14.2. The molecule has 0 saturated heterocycles. The van der Waals surface area contributed by atoms with Gasteiger partial charge in [0.25, 0.3) is 0 Å². The number of carbonyl (C=O) groups is 2. The van der Waals surface area contributed by atoms with E-state index in [9.17, 15) is 9.59 Å². The first-order valence-corrected chi connectivity index (χ1v) is 7.31. The number of hydrogen-bond donors (Lipinski definition) is 3. The molecule has 0 aliphatic carbocycles. The molecule has 0 bridgehead atoms. The lowest BCUT2D eigenvalue weighted by Gasteiger charge is -2.14. The Balaban J connectivity index is 2.04. The summed E-state index contributed by atoms with van der Waals surface area (Å²) < 4.78 is 2.00. The fourth-order valence-electron chi connectivity index (χ4n) is 1.95. The van der Waals surface area contributed by atoms with Gasteiger partial charge in [0, 0.05) is 38.4 Å². The molecule has 0 fully saturated rings. The third-order valence-electron chi connectivity index (χ3n) is 3.28. The maximum absolute atomic E-state index is 11.6. The first-order chi connectivity index (χ1) is 10.1. The number of unbranched alkanes of at least 4 members (excludes halogenated alkanes) is 1. The highest BCUT2D eigenvalue weighted by atomic mass is 16.4. The molecule has 21 heavy (non-hydrogen) atoms. The van der Waals surface area contributed by atoms with Gasteiger partial charge in [-0.15, -0.1) is 0 Å². The van der Waals surface area contributed by atoms with Crippen molar-refractivity contribution in [1.82, 2.24) is 20.2 Å². The van der Waals surface area contributed by atoms with Crippen LogP contribution in [0.4, 0.5) is 4.79 Å². The Labute approximate surface area is 124 Å². The van der Waals surface area contributed by atoms with Gasteiger partial charge in [-0.05, 0) is 18.8 Å². The van der Waals surface area contributed by atoms with Crippen LogP contribution < -0.4 is 10.6 Å². The third-order valence-corrected chi connectivity index (χ3v) is 3.28. The largest absolute Gasteiger partial charge is 0.481 e. The van der Waals surface area contributed by atoms with Gasteiger partial charge in [0.05, 0.1) is 6.33 Å². The summed E-state index contributed by atoms with van der Waals surface area (Å²) in [5.41, 5.74) is 0. The molecule has 0 aromatic carbocycles. The first kappa shape index (κ1) is 17.0. The van der Waals surface area contributed by atoms with E-state index in [1.54, 1.807) is 12.5 Å². The van der Waals surface area contributed by atoms with E-state index in [-0.39, 0.29) is 18.4 Å². The minimum absolute atomic E-state index is 0.0190. The van der Waals surface area contributed by atoms with Gasteiger partial charge in [-0.3, -0.25) is 4.79 Å². The van der Waals surface area contributed by atoms with Crippen LogP contribution in [0.2, 0.25) is 0 Å². The highest BCUT2D eigenvalue weighted by Gasteiger charge is 2.12. The zero-order valence-corrected chi connectivity index (χ0v) is 12.4. The van der Waals surface area contributed by atoms with Gasteiger partial charge in [0.1, 0.15) is 0 Å². The molecular weight excluding hydrogens is 272 g/mol. The van der Waals surface area contributed by atoms with E-state index in [0.29, 0.717) is 13.1 Å². The van der Waals surface area contributed by atoms with Crippen molar-refractivity contribution >= 4 is 12.0 Å². The molecule has 1 unspecified atom stereocenters. The van der Waals surface area contributed by atoms with E-state index in [2.05, 4.69) is 15.6 Å². The zero-order valence-electron chi connectivity index (χ0n) is 12.4. The maximum Gasteiger partial charge on any atom is 0.314 e. The summed E-state index contributed by atoms with van der Waals surface area (Å²) in [6, 6.07) is -0.235. The van der Waals surface area contributed by atoms with Gasteiger partial charge < -0.3 is 20.3 Å². The number of carbonyl (C=O) groups excluding carboxylic acids is 1. The predicted octanol–water partition coefficient (Wildman–Crippen LogP) is 1.46. The molecule has 7 nitrogen and oxygen atoms in total. The summed E-state index contributed by atoms with van der Waals surface area (Å²) in [6.07, 6.45) is 8.10. The lowest BCUT2D eigenvalue weighted by atomic mass is 10.0. The third kappa shape index (κ3) is 7.96. The number of aryl methyl sites for hydroxylation is 1. The first-order valence-electron chi connectivity index (χ1n) is 7.31. The van der Waals surface area contributed by atoms with E-state index in [4.69, 9.17) is 5.11 Å². The molecule has 0 spiro atoms. The van der Waals surface area contributed by atoms with Crippen LogP contribution in [-0.4, -0.2) is 39.7 Å². The second-order valence-corrected chi connectivity index (χ2v) is 5.02. The molecule has 0 aliphatic rings. The molecule has 0 aliphatic heterocycles. The van der Waals surface area contributed by atoms with Crippen LogP contribution >= 0.6 is 0 Å². The molecule has 118 valence electrons. The number of nitrogens with one attached hydrogen (secondary N) is 2. The number of carboxylic acids is 1. The molecule has 0 radical (unpaired) electrons. The van der Waals surface area contributed by atoms with Crippen molar-refractivity contribution in [2.75, 3.05) is 13.1 Å². The van der Waals surface area contributed by atoms with Crippen LogP contribution in [0.3, 0.4) is 0 Å². The fourth-order valence-corrected chi connectivity index (χ4v) is 1.95. The molecule has 7 heteroatoms. The lowest BCUT2D eigenvalue weighted by Crippen LogP contribution is -2.39. The highest BCUT2D eigenvalue weighted by Crippen LogP contribution is 2.06. The summed E-state index contributed by atoms with van der Waals surface area (Å²) in [5.74, 6) is -0.849. The summed E-state index contributed by atoms with van der Waals surface area (Å²) in [7, 11) is 0. The number of amides is 2. The van der Waals surface area contributed by atoms with E-state index in [0.717, 1.165) is 25.8 Å². The molecule has 1 aromatic rings. The molecule has 1 atom stereocenters. The zero-order chi connectivity index (χ0) is 15.5. The van der Waals surface area contributed by atoms with E-state index < -0.39 is 5.97 Å². The Morgan fingerprint density at radius 3 is 2.76 bits per heavy atom. The Morgan fingerprint density at radius 2 is 2.14 bits per heavy atom. The van der Waals surface area contributed by atoms with E-state index >= 15 is 0 Å². The van der Waals surface area contributed by atoms with Crippen LogP contribution in [0.15, 0.2) is 18.7 Å². The average molecular weight is 296 g/mol. The van der Waals surface area contributed by atoms with Crippen molar-refractivity contribution in [3.63, 3.8) is 0 Å². The fraction of sp³-hybridized carbons (Fsp3) is 0.643. The molecule has 0 saturated carbocycles. The summed E-state index contributed by atoms with van der Waals surface area (Å²) in [4.78, 5) is 26.1. The molecule has 1 rings (SSSR count). The quantitative estimate of drug-likeness (QED) is 0.570. The number of imidazole rings is 1. The monoisotopic (exact) mass is 296 g/mol. The molecule has 2 amide bonds. The number of aromatic nitrogens is 2. The van der Waals surface area contributed by atoms with Crippen LogP contribution in [-0.2, 0) is 11.3 Å². The molecular formula is C14H24N4O3. The van der Waals surface area contributed by atoms with Crippen molar-refractivity contribution in [2.45, 2.75) is 39.2 Å². The Morgan fingerprint density at radius 1 is 1.33 bits per heavy atom. The van der Waals surface area contributed by atoms with Gasteiger partial charge in [0.2, 0.25) is 0 Å². The number of carboxylic acid groups (broad SMARTS) is 1. The smallest absolute Gasteiger partial charge is 0.314 e. The minimum Gasteiger partial charge on any atom is -0.481 e.